The fraction of sp³-hybridized carbons (Fsp3) is 0.353. The lowest BCUT2D eigenvalue weighted by Crippen LogP contribution is -2.25. The number of thiocarbonyl (C=S) groups is 1. The number of hydrogen-bond acceptors (Lipinski definition) is 3. The van der Waals surface area contributed by atoms with Crippen molar-refractivity contribution >= 4 is 28.0 Å². The van der Waals surface area contributed by atoms with Gasteiger partial charge in [-0.25, -0.2) is 0 Å². The summed E-state index contributed by atoms with van der Waals surface area (Å²) in [6.45, 7) is 4.69. The summed E-state index contributed by atoms with van der Waals surface area (Å²) >= 11 is 5.11. The third kappa shape index (κ3) is 3.71. The van der Waals surface area contributed by atoms with Crippen molar-refractivity contribution in [1.29, 1.82) is 0 Å². The summed E-state index contributed by atoms with van der Waals surface area (Å²) < 4.78 is 11.3. The van der Waals surface area contributed by atoms with Gasteiger partial charge < -0.3 is 15.2 Å². The van der Waals surface area contributed by atoms with Gasteiger partial charge in [0.2, 0.25) is 0 Å². The van der Waals surface area contributed by atoms with Crippen LogP contribution in [0.25, 0.3) is 10.8 Å². The van der Waals surface area contributed by atoms with Gasteiger partial charge in [0.25, 0.3) is 0 Å². The molecule has 0 spiro atoms. The van der Waals surface area contributed by atoms with Crippen LogP contribution in [0.2, 0.25) is 0 Å². The average Bonchev–Trinajstić information content (AvgIpc) is 2.47. The molecule has 4 heteroatoms. The van der Waals surface area contributed by atoms with Crippen LogP contribution in [-0.4, -0.2) is 24.3 Å². The lowest BCUT2D eigenvalue weighted by Gasteiger charge is -2.23. The highest BCUT2D eigenvalue weighted by Gasteiger charge is 2.16. The summed E-state index contributed by atoms with van der Waals surface area (Å²) in [4.78, 5) is 0.401. The number of hydrogen-bond donors (Lipinski definition) is 1. The Bertz CT molecular complexity index is 652. The predicted octanol–water partition coefficient (Wildman–Crippen LogP) is 3.67. The number of nitrogens with two attached hydrogens (primary N) is 1. The SMILES string of the molecule is COC(C)(C)CCOc1ccc(C(N)=S)c2ccccc12. The van der Waals surface area contributed by atoms with Gasteiger partial charge in [0, 0.05) is 24.5 Å². The Morgan fingerprint density at radius 3 is 2.43 bits per heavy atom. The second-order valence-corrected chi connectivity index (χ2v) is 6.02. The van der Waals surface area contributed by atoms with E-state index in [-0.39, 0.29) is 5.60 Å². The average molecular weight is 303 g/mol. The van der Waals surface area contributed by atoms with Crippen LogP contribution in [0.3, 0.4) is 0 Å². The van der Waals surface area contributed by atoms with Crippen LogP contribution in [0.5, 0.6) is 5.75 Å². The van der Waals surface area contributed by atoms with Crippen molar-refractivity contribution in [2.75, 3.05) is 13.7 Å². The Kier molecular flexibility index (Phi) is 4.80. The summed E-state index contributed by atoms with van der Waals surface area (Å²) in [7, 11) is 1.71. The molecule has 0 heterocycles. The van der Waals surface area contributed by atoms with Crippen molar-refractivity contribution in [2.45, 2.75) is 25.9 Å². The van der Waals surface area contributed by atoms with E-state index in [1.54, 1.807) is 7.11 Å². The van der Waals surface area contributed by atoms with E-state index in [0.29, 0.717) is 11.6 Å². The van der Waals surface area contributed by atoms with E-state index in [1.165, 1.54) is 0 Å². The Morgan fingerprint density at radius 2 is 1.81 bits per heavy atom. The third-order valence-corrected chi connectivity index (χ3v) is 3.88. The number of ether oxygens (including phenoxy) is 2. The monoisotopic (exact) mass is 303 g/mol. The normalized spacial score (nSPS) is 11.6. The number of fused-ring (bicyclic) bond motifs is 1. The van der Waals surface area contributed by atoms with Crippen molar-refractivity contribution in [2.24, 2.45) is 5.73 Å². The van der Waals surface area contributed by atoms with Crippen molar-refractivity contribution in [1.82, 2.24) is 0 Å². The molecule has 0 amide bonds. The zero-order valence-electron chi connectivity index (χ0n) is 12.7. The minimum Gasteiger partial charge on any atom is -0.493 e. The Balaban J connectivity index is 2.26. The van der Waals surface area contributed by atoms with Gasteiger partial charge in [-0.15, -0.1) is 0 Å². The Morgan fingerprint density at radius 1 is 1.14 bits per heavy atom. The molecular weight excluding hydrogens is 282 g/mol. The van der Waals surface area contributed by atoms with Crippen molar-refractivity contribution in [3.8, 4) is 5.75 Å². The maximum absolute atomic E-state index is 5.93. The first-order valence-electron chi connectivity index (χ1n) is 6.94. The smallest absolute Gasteiger partial charge is 0.127 e. The molecule has 0 aliphatic rings. The van der Waals surface area contributed by atoms with Crippen LogP contribution in [0.1, 0.15) is 25.8 Å². The molecular formula is C17H21NO2S. The van der Waals surface area contributed by atoms with Crippen LogP contribution >= 0.6 is 12.2 Å². The second-order valence-electron chi connectivity index (χ2n) is 5.58. The van der Waals surface area contributed by atoms with Gasteiger partial charge in [-0.1, -0.05) is 36.5 Å². The first kappa shape index (κ1) is 15.7. The highest BCUT2D eigenvalue weighted by molar-refractivity contribution is 7.80. The number of benzene rings is 2. The topological polar surface area (TPSA) is 44.5 Å². The quantitative estimate of drug-likeness (QED) is 0.827. The maximum atomic E-state index is 5.93. The van der Waals surface area contributed by atoms with Crippen LogP contribution in [-0.2, 0) is 4.74 Å². The fourth-order valence-electron chi connectivity index (χ4n) is 2.12. The van der Waals surface area contributed by atoms with Crippen molar-refractivity contribution in [3.63, 3.8) is 0 Å². The molecule has 0 aromatic heterocycles. The zero-order chi connectivity index (χ0) is 15.5. The molecule has 0 unspecified atom stereocenters. The molecule has 0 atom stereocenters. The molecule has 2 aromatic carbocycles. The summed E-state index contributed by atoms with van der Waals surface area (Å²) in [5, 5.41) is 2.05. The van der Waals surface area contributed by atoms with Gasteiger partial charge in [-0.2, -0.15) is 0 Å². The Hall–Kier alpha value is -1.65. The van der Waals surface area contributed by atoms with Crippen molar-refractivity contribution < 1.29 is 9.47 Å². The third-order valence-electron chi connectivity index (χ3n) is 3.66. The molecule has 0 aliphatic carbocycles. The minimum atomic E-state index is -0.186. The highest BCUT2D eigenvalue weighted by atomic mass is 32.1. The van der Waals surface area contributed by atoms with Gasteiger partial charge in [0.05, 0.1) is 12.2 Å². The predicted molar refractivity (Wildman–Crippen MR) is 91.0 cm³/mol. The van der Waals surface area contributed by atoms with E-state index >= 15 is 0 Å². The minimum absolute atomic E-state index is 0.186. The molecule has 0 fully saturated rings. The largest absolute Gasteiger partial charge is 0.493 e. The van der Waals surface area contributed by atoms with Gasteiger partial charge in [0.15, 0.2) is 0 Å². The van der Waals surface area contributed by atoms with Gasteiger partial charge in [-0.3, -0.25) is 0 Å². The van der Waals surface area contributed by atoms with Gasteiger partial charge >= 0.3 is 0 Å². The van der Waals surface area contributed by atoms with Crippen molar-refractivity contribution in [3.05, 3.63) is 42.0 Å². The molecule has 0 saturated carbocycles. The fourth-order valence-corrected chi connectivity index (χ4v) is 2.30. The van der Waals surface area contributed by atoms with E-state index in [4.69, 9.17) is 27.4 Å². The second kappa shape index (κ2) is 6.41. The molecule has 2 aromatic rings. The molecule has 112 valence electrons. The molecule has 0 bridgehead atoms. The van der Waals surface area contributed by atoms with E-state index < -0.39 is 0 Å². The molecule has 3 nitrogen and oxygen atoms in total. The lowest BCUT2D eigenvalue weighted by atomic mass is 10.0. The molecule has 0 aliphatic heterocycles. The van der Waals surface area contributed by atoms with Gasteiger partial charge in [-0.05, 0) is 31.4 Å². The molecule has 21 heavy (non-hydrogen) atoms. The van der Waals surface area contributed by atoms with Crippen LogP contribution in [0.15, 0.2) is 36.4 Å². The maximum Gasteiger partial charge on any atom is 0.127 e. The van der Waals surface area contributed by atoms with E-state index in [2.05, 4.69) is 0 Å². The summed E-state index contributed by atoms with van der Waals surface area (Å²) in [5.74, 6) is 0.845. The number of methoxy groups -OCH3 is 1. The molecule has 2 rings (SSSR count). The Labute approximate surface area is 131 Å². The number of rotatable bonds is 6. The van der Waals surface area contributed by atoms with Crippen LogP contribution in [0, 0.1) is 0 Å². The van der Waals surface area contributed by atoms with E-state index in [9.17, 15) is 0 Å². The van der Waals surface area contributed by atoms with E-state index in [1.807, 2.05) is 50.2 Å². The molecule has 0 saturated heterocycles. The lowest BCUT2D eigenvalue weighted by molar-refractivity contribution is 0.00558. The molecule has 0 radical (unpaired) electrons. The molecule has 2 N–H and O–H groups in total. The highest BCUT2D eigenvalue weighted by Crippen LogP contribution is 2.29. The summed E-state index contributed by atoms with van der Waals surface area (Å²) in [6.07, 6.45) is 0.814. The standard InChI is InChI=1S/C17H21NO2S/c1-17(2,19-3)10-11-20-15-9-8-14(16(18)21)12-6-4-5-7-13(12)15/h4-9H,10-11H2,1-3H3,(H2,18,21). The van der Waals surface area contributed by atoms with Gasteiger partial charge in [0.1, 0.15) is 10.7 Å². The zero-order valence-corrected chi connectivity index (χ0v) is 13.5. The van der Waals surface area contributed by atoms with Crippen LogP contribution in [0.4, 0.5) is 0 Å². The first-order valence-corrected chi connectivity index (χ1v) is 7.35. The van der Waals surface area contributed by atoms with Crippen LogP contribution < -0.4 is 10.5 Å². The first-order chi connectivity index (χ1) is 9.94. The summed E-state index contributed by atoms with van der Waals surface area (Å²) in [6, 6.07) is 11.8. The van der Waals surface area contributed by atoms with E-state index in [0.717, 1.165) is 28.5 Å². The summed E-state index contributed by atoms with van der Waals surface area (Å²) in [5.41, 5.74) is 6.47.